The summed E-state index contributed by atoms with van der Waals surface area (Å²) in [7, 11) is 0. The third kappa shape index (κ3) is 4.63. The second kappa shape index (κ2) is 10.0. The second-order valence-corrected chi connectivity index (χ2v) is 9.11. The van der Waals surface area contributed by atoms with Gasteiger partial charge in [-0.3, -0.25) is 0 Å². The van der Waals surface area contributed by atoms with E-state index in [1.165, 1.54) is 45.0 Å². The largest absolute Gasteiger partial charge is 0.339 e. The molecule has 170 valence electrons. The predicted molar refractivity (Wildman–Crippen MR) is 146 cm³/mol. The first-order chi connectivity index (χ1) is 16.7. The lowest BCUT2D eigenvalue weighted by atomic mass is 9.98. The van der Waals surface area contributed by atoms with E-state index in [2.05, 4.69) is 133 Å². The van der Waals surface area contributed by atoms with Crippen LogP contribution in [0.5, 0.6) is 0 Å². The monoisotopic (exact) mass is 444 g/mol. The van der Waals surface area contributed by atoms with Gasteiger partial charge in [-0.1, -0.05) is 96.1 Å². The number of hydrogen-bond acceptors (Lipinski definition) is 2. The minimum Gasteiger partial charge on any atom is -0.339 e. The highest BCUT2D eigenvalue weighted by molar-refractivity contribution is 6.02. The molecule has 0 amide bonds. The average molecular weight is 445 g/mol. The van der Waals surface area contributed by atoms with Crippen LogP contribution in [0.15, 0.2) is 109 Å². The third-order valence-corrected chi connectivity index (χ3v) is 6.56. The van der Waals surface area contributed by atoms with E-state index < -0.39 is 0 Å². The zero-order chi connectivity index (χ0) is 23.3. The molecule has 0 saturated heterocycles. The zero-order valence-electron chi connectivity index (χ0n) is 20.1. The van der Waals surface area contributed by atoms with Crippen molar-refractivity contribution in [1.29, 1.82) is 0 Å². The van der Waals surface area contributed by atoms with Crippen molar-refractivity contribution in [3.05, 3.63) is 131 Å². The minimum absolute atomic E-state index is 0.991. The Balaban J connectivity index is 1.82. The number of hydrogen-bond donors (Lipinski definition) is 0. The van der Waals surface area contributed by atoms with Crippen molar-refractivity contribution >= 4 is 22.8 Å². The van der Waals surface area contributed by atoms with Crippen LogP contribution in [0.3, 0.4) is 0 Å². The molecule has 2 nitrogen and oxygen atoms in total. The third-order valence-electron chi connectivity index (χ3n) is 6.56. The Morgan fingerprint density at radius 3 is 1.15 bits per heavy atom. The lowest BCUT2D eigenvalue weighted by Crippen LogP contribution is -2.33. The number of benzene rings is 4. The molecule has 0 atom stereocenters. The van der Waals surface area contributed by atoms with Gasteiger partial charge in [-0.2, -0.15) is 0 Å². The highest BCUT2D eigenvalue weighted by Crippen LogP contribution is 2.39. The number of aryl methyl sites for hydroxylation is 2. The predicted octanol–water partition coefficient (Wildman–Crippen LogP) is 7.94. The molecule has 4 aromatic carbocycles. The molecule has 0 unspecified atom stereocenters. The summed E-state index contributed by atoms with van der Waals surface area (Å²) in [5.41, 5.74) is 10.0. The second-order valence-electron chi connectivity index (χ2n) is 9.11. The van der Waals surface area contributed by atoms with Crippen molar-refractivity contribution in [2.75, 3.05) is 22.9 Å². The molecule has 0 bridgehead atoms. The average Bonchev–Trinajstić information content (AvgIpc) is 2.87. The number of nitrogens with zero attached hydrogens (tertiary/aromatic N) is 2. The molecule has 0 radical (unpaired) electrons. The summed E-state index contributed by atoms with van der Waals surface area (Å²) in [4.78, 5) is 5.05. The van der Waals surface area contributed by atoms with Gasteiger partial charge in [0, 0.05) is 35.6 Å². The molecule has 1 aliphatic rings. The van der Waals surface area contributed by atoms with Gasteiger partial charge in [0.1, 0.15) is 0 Å². The molecular formula is C32H32N2. The van der Waals surface area contributed by atoms with Crippen LogP contribution in [0, 0.1) is 13.8 Å². The van der Waals surface area contributed by atoms with E-state index in [0.717, 1.165) is 25.9 Å². The maximum Gasteiger partial charge on any atom is 0.0731 e. The first-order valence-electron chi connectivity index (χ1n) is 12.2. The van der Waals surface area contributed by atoms with Gasteiger partial charge >= 0.3 is 0 Å². The number of rotatable bonds is 4. The van der Waals surface area contributed by atoms with Gasteiger partial charge in [0.25, 0.3) is 0 Å². The van der Waals surface area contributed by atoms with Gasteiger partial charge < -0.3 is 9.80 Å². The van der Waals surface area contributed by atoms with Crippen molar-refractivity contribution in [3.8, 4) is 0 Å². The quantitative estimate of drug-likeness (QED) is 0.315. The van der Waals surface area contributed by atoms with Crippen LogP contribution in [0.4, 0.5) is 11.4 Å². The standard InChI is InChI=1S/C32H32N2/c1-25-15-19-29(20-16-25)33-23-9-10-24-34(30-21-17-26(2)18-22-30)32(28-13-7-4-8-14-28)31(33)27-11-5-3-6-12-27/h3-8,11-22H,9-10,23-24H2,1-2H3. The molecule has 4 aromatic rings. The first kappa shape index (κ1) is 22.0. The molecule has 0 spiro atoms. The van der Waals surface area contributed by atoms with Crippen molar-refractivity contribution < 1.29 is 0 Å². The summed E-state index contributed by atoms with van der Waals surface area (Å²) in [6.45, 7) is 6.29. The molecule has 5 rings (SSSR count). The first-order valence-corrected chi connectivity index (χ1v) is 12.2. The molecule has 2 heteroatoms. The van der Waals surface area contributed by atoms with E-state index in [4.69, 9.17) is 0 Å². The van der Waals surface area contributed by atoms with E-state index >= 15 is 0 Å². The fourth-order valence-electron chi connectivity index (χ4n) is 4.76. The summed E-state index contributed by atoms with van der Waals surface area (Å²) in [5.74, 6) is 0. The van der Waals surface area contributed by atoms with Crippen LogP contribution in [0.2, 0.25) is 0 Å². The molecule has 0 saturated carbocycles. The molecule has 0 N–H and O–H groups in total. The lowest BCUT2D eigenvalue weighted by Gasteiger charge is -2.38. The normalized spacial score (nSPS) is 14.6. The molecular weight excluding hydrogens is 412 g/mol. The Kier molecular flexibility index (Phi) is 6.49. The van der Waals surface area contributed by atoms with E-state index in [0.29, 0.717) is 0 Å². The van der Waals surface area contributed by atoms with Crippen molar-refractivity contribution in [1.82, 2.24) is 0 Å². The van der Waals surface area contributed by atoms with Crippen LogP contribution in [0.25, 0.3) is 11.4 Å². The highest BCUT2D eigenvalue weighted by atomic mass is 15.2. The van der Waals surface area contributed by atoms with Gasteiger partial charge in [-0.15, -0.1) is 0 Å². The van der Waals surface area contributed by atoms with Crippen molar-refractivity contribution in [2.24, 2.45) is 0 Å². The van der Waals surface area contributed by atoms with E-state index in [-0.39, 0.29) is 0 Å². The molecule has 0 aromatic heterocycles. The molecule has 0 aliphatic carbocycles. The summed E-state index contributed by atoms with van der Waals surface area (Å²) < 4.78 is 0. The van der Waals surface area contributed by atoms with Gasteiger partial charge in [-0.25, -0.2) is 0 Å². The van der Waals surface area contributed by atoms with Gasteiger partial charge in [0.2, 0.25) is 0 Å². The fraction of sp³-hybridized carbons (Fsp3) is 0.188. The summed E-state index contributed by atoms with van der Waals surface area (Å²) in [5, 5.41) is 0. The lowest BCUT2D eigenvalue weighted by molar-refractivity contribution is 0.721. The van der Waals surface area contributed by atoms with E-state index in [1.54, 1.807) is 0 Å². The Hall–Kier alpha value is -3.78. The van der Waals surface area contributed by atoms with Crippen LogP contribution < -0.4 is 9.80 Å². The van der Waals surface area contributed by atoms with Crippen LogP contribution in [-0.2, 0) is 0 Å². The topological polar surface area (TPSA) is 6.48 Å². The Labute approximate surface area is 203 Å². The Morgan fingerprint density at radius 1 is 0.441 bits per heavy atom. The summed E-state index contributed by atoms with van der Waals surface area (Å²) in [6.07, 6.45) is 2.27. The van der Waals surface area contributed by atoms with E-state index in [9.17, 15) is 0 Å². The smallest absolute Gasteiger partial charge is 0.0731 e. The zero-order valence-corrected chi connectivity index (χ0v) is 20.1. The van der Waals surface area contributed by atoms with Crippen LogP contribution in [-0.4, -0.2) is 13.1 Å². The Morgan fingerprint density at radius 2 is 0.794 bits per heavy atom. The number of anilines is 2. The van der Waals surface area contributed by atoms with Gasteiger partial charge in [0.15, 0.2) is 0 Å². The summed E-state index contributed by atoms with van der Waals surface area (Å²) in [6, 6.07) is 39.7. The minimum atomic E-state index is 0.991. The van der Waals surface area contributed by atoms with Crippen molar-refractivity contribution in [2.45, 2.75) is 26.7 Å². The molecule has 0 fully saturated rings. The van der Waals surface area contributed by atoms with Gasteiger partial charge in [0.05, 0.1) is 11.4 Å². The summed E-state index contributed by atoms with van der Waals surface area (Å²) >= 11 is 0. The van der Waals surface area contributed by atoms with Crippen molar-refractivity contribution in [3.63, 3.8) is 0 Å². The Bertz CT molecular complexity index is 1140. The van der Waals surface area contributed by atoms with Crippen LogP contribution >= 0.6 is 0 Å². The molecule has 34 heavy (non-hydrogen) atoms. The molecule has 1 heterocycles. The maximum atomic E-state index is 2.53. The van der Waals surface area contributed by atoms with E-state index in [1.807, 2.05) is 0 Å². The molecule has 1 aliphatic heterocycles. The van der Waals surface area contributed by atoms with Crippen LogP contribution in [0.1, 0.15) is 35.1 Å². The SMILES string of the molecule is Cc1ccc(N2CCCCN(c3ccc(C)cc3)C(c3ccccc3)=C2c2ccccc2)cc1. The fourth-order valence-corrected chi connectivity index (χ4v) is 4.76. The van der Waals surface area contributed by atoms with Gasteiger partial charge in [-0.05, 0) is 51.0 Å². The highest BCUT2D eigenvalue weighted by Gasteiger charge is 2.26. The maximum absolute atomic E-state index is 2.53.